The van der Waals surface area contributed by atoms with Gasteiger partial charge in [0.2, 0.25) is 5.95 Å². The lowest BCUT2D eigenvalue weighted by molar-refractivity contribution is 0.593. The maximum atomic E-state index is 13.4. The lowest BCUT2D eigenvalue weighted by atomic mass is 10.5. The van der Waals surface area contributed by atoms with Gasteiger partial charge in [-0.25, -0.2) is 14.1 Å². The predicted molar refractivity (Wildman–Crippen MR) is 57.9 cm³/mol. The standard InChI is InChI=1S/C10H12FN5/c1-2-4-12-10-13-7-8(11)9(15-10)16-6-3-5-14-16/h3,5-7H,2,4H2,1H3,(H,12,13,15). The van der Waals surface area contributed by atoms with Crippen LogP contribution in [0.5, 0.6) is 0 Å². The molecule has 2 aromatic rings. The Morgan fingerprint density at radius 1 is 1.50 bits per heavy atom. The number of aromatic nitrogens is 4. The zero-order chi connectivity index (χ0) is 11.4. The van der Waals surface area contributed by atoms with E-state index < -0.39 is 5.82 Å². The molecule has 0 fully saturated rings. The average molecular weight is 221 g/mol. The van der Waals surface area contributed by atoms with Crippen molar-refractivity contribution < 1.29 is 4.39 Å². The van der Waals surface area contributed by atoms with Gasteiger partial charge in [-0.2, -0.15) is 10.1 Å². The molecule has 5 nitrogen and oxygen atoms in total. The molecule has 0 saturated heterocycles. The monoisotopic (exact) mass is 221 g/mol. The summed E-state index contributed by atoms with van der Waals surface area (Å²) in [6.07, 6.45) is 5.30. The van der Waals surface area contributed by atoms with E-state index in [1.807, 2.05) is 6.92 Å². The Morgan fingerprint density at radius 2 is 2.38 bits per heavy atom. The number of anilines is 1. The van der Waals surface area contributed by atoms with Gasteiger partial charge in [0, 0.05) is 18.9 Å². The van der Waals surface area contributed by atoms with Gasteiger partial charge in [-0.1, -0.05) is 6.92 Å². The third-order valence-electron chi connectivity index (χ3n) is 1.98. The number of nitrogens with one attached hydrogen (secondary N) is 1. The van der Waals surface area contributed by atoms with Gasteiger partial charge >= 0.3 is 0 Å². The first-order valence-corrected chi connectivity index (χ1v) is 5.07. The van der Waals surface area contributed by atoms with Crippen molar-refractivity contribution in [3.63, 3.8) is 0 Å². The summed E-state index contributed by atoms with van der Waals surface area (Å²) in [6, 6.07) is 1.71. The van der Waals surface area contributed by atoms with E-state index in [2.05, 4.69) is 20.4 Å². The van der Waals surface area contributed by atoms with E-state index in [0.29, 0.717) is 5.95 Å². The first kappa shape index (κ1) is 10.5. The summed E-state index contributed by atoms with van der Waals surface area (Å²) in [5.74, 6) is 0.0677. The topological polar surface area (TPSA) is 55.6 Å². The van der Waals surface area contributed by atoms with Gasteiger partial charge in [-0.15, -0.1) is 0 Å². The number of halogens is 1. The normalized spacial score (nSPS) is 10.4. The van der Waals surface area contributed by atoms with Crippen LogP contribution in [0.4, 0.5) is 10.3 Å². The molecular formula is C10H12FN5. The summed E-state index contributed by atoms with van der Waals surface area (Å²) < 4.78 is 14.8. The molecule has 6 heteroatoms. The molecule has 0 amide bonds. The lowest BCUT2D eigenvalue weighted by Crippen LogP contribution is -2.09. The number of rotatable bonds is 4. The van der Waals surface area contributed by atoms with Crippen LogP contribution in [-0.4, -0.2) is 26.3 Å². The van der Waals surface area contributed by atoms with Crippen LogP contribution in [0.1, 0.15) is 13.3 Å². The van der Waals surface area contributed by atoms with Gasteiger partial charge in [-0.05, 0) is 12.5 Å². The van der Waals surface area contributed by atoms with Gasteiger partial charge in [0.25, 0.3) is 0 Å². The van der Waals surface area contributed by atoms with Gasteiger partial charge in [0.1, 0.15) is 0 Å². The molecule has 0 aliphatic carbocycles. The van der Waals surface area contributed by atoms with Crippen molar-refractivity contribution in [1.29, 1.82) is 0 Å². The summed E-state index contributed by atoms with van der Waals surface area (Å²) in [7, 11) is 0. The largest absolute Gasteiger partial charge is 0.354 e. The Bertz CT molecular complexity index is 454. The zero-order valence-electron chi connectivity index (χ0n) is 8.89. The SMILES string of the molecule is CCCNc1ncc(F)c(-n2cccn2)n1. The molecule has 0 radical (unpaired) electrons. The number of nitrogens with zero attached hydrogens (tertiary/aromatic N) is 4. The quantitative estimate of drug-likeness (QED) is 0.852. The molecule has 0 aliphatic heterocycles. The molecule has 0 spiro atoms. The fourth-order valence-electron chi connectivity index (χ4n) is 1.23. The zero-order valence-corrected chi connectivity index (χ0v) is 8.89. The van der Waals surface area contributed by atoms with Crippen LogP contribution in [-0.2, 0) is 0 Å². The van der Waals surface area contributed by atoms with Crippen molar-refractivity contribution in [2.75, 3.05) is 11.9 Å². The van der Waals surface area contributed by atoms with E-state index in [0.717, 1.165) is 19.2 Å². The summed E-state index contributed by atoms with van der Waals surface area (Å²) in [5, 5.41) is 6.92. The van der Waals surface area contributed by atoms with E-state index >= 15 is 0 Å². The van der Waals surface area contributed by atoms with Gasteiger partial charge in [-0.3, -0.25) is 0 Å². The number of hydrogen-bond donors (Lipinski definition) is 1. The van der Waals surface area contributed by atoms with E-state index in [9.17, 15) is 4.39 Å². The van der Waals surface area contributed by atoms with Crippen molar-refractivity contribution in [3.05, 3.63) is 30.5 Å². The molecule has 2 aromatic heterocycles. The van der Waals surface area contributed by atoms with Crippen molar-refractivity contribution in [2.24, 2.45) is 0 Å². The predicted octanol–water partition coefficient (Wildman–Crippen LogP) is 1.62. The highest BCUT2D eigenvalue weighted by atomic mass is 19.1. The Hall–Kier alpha value is -1.98. The van der Waals surface area contributed by atoms with Crippen LogP contribution >= 0.6 is 0 Å². The van der Waals surface area contributed by atoms with Crippen LogP contribution < -0.4 is 5.32 Å². The minimum Gasteiger partial charge on any atom is -0.354 e. The Balaban J connectivity index is 2.30. The maximum Gasteiger partial charge on any atom is 0.224 e. The molecule has 0 aliphatic rings. The molecular weight excluding hydrogens is 209 g/mol. The molecule has 2 rings (SSSR count). The Morgan fingerprint density at radius 3 is 3.06 bits per heavy atom. The second-order valence-electron chi connectivity index (χ2n) is 3.24. The smallest absolute Gasteiger partial charge is 0.224 e. The highest BCUT2D eigenvalue weighted by Gasteiger charge is 2.08. The maximum absolute atomic E-state index is 13.4. The molecule has 0 unspecified atom stereocenters. The van der Waals surface area contributed by atoms with E-state index in [1.165, 1.54) is 4.68 Å². The first-order chi connectivity index (χ1) is 7.81. The molecule has 1 N–H and O–H groups in total. The van der Waals surface area contributed by atoms with E-state index in [1.54, 1.807) is 18.5 Å². The van der Waals surface area contributed by atoms with Crippen molar-refractivity contribution >= 4 is 5.95 Å². The minimum absolute atomic E-state index is 0.151. The molecule has 84 valence electrons. The molecule has 0 aromatic carbocycles. The van der Waals surface area contributed by atoms with Crippen LogP contribution in [0.3, 0.4) is 0 Å². The molecule has 16 heavy (non-hydrogen) atoms. The van der Waals surface area contributed by atoms with Crippen molar-refractivity contribution in [1.82, 2.24) is 19.7 Å². The summed E-state index contributed by atoms with van der Waals surface area (Å²) in [6.45, 7) is 2.79. The van der Waals surface area contributed by atoms with Gasteiger partial charge < -0.3 is 5.32 Å². The highest BCUT2D eigenvalue weighted by Crippen LogP contribution is 2.10. The molecule has 0 saturated carbocycles. The summed E-state index contributed by atoms with van der Waals surface area (Å²) in [5.41, 5.74) is 0. The minimum atomic E-state index is -0.495. The first-order valence-electron chi connectivity index (χ1n) is 5.07. The Labute approximate surface area is 92.3 Å². The van der Waals surface area contributed by atoms with E-state index in [4.69, 9.17) is 0 Å². The highest BCUT2D eigenvalue weighted by molar-refractivity contribution is 5.32. The summed E-state index contributed by atoms with van der Waals surface area (Å²) >= 11 is 0. The van der Waals surface area contributed by atoms with Crippen molar-refractivity contribution in [2.45, 2.75) is 13.3 Å². The number of hydrogen-bond acceptors (Lipinski definition) is 4. The third kappa shape index (κ3) is 2.16. The fourth-order valence-corrected chi connectivity index (χ4v) is 1.23. The van der Waals surface area contributed by atoms with Gasteiger partial charge in [0.05, 0.1) is 6.20 Å². The summed E-state index contributed by atoms with van der Waals surface area (Å²) in [4.78, 5) is 7.90. The molecule has 0 bridgehead atoms. The van der Waals surface area contributed by atoms with Crippen LogP contribution in [0.2, 0.25) is 0 Å². The third-order valence-corrected chi connectivity index (χ3v) is 1.98. The second-order valence-corrected chi connectivity index (χ2v) is 3.24. The second kappa shape index (κ2) is 4.69. The van der Waals surface area contributed by atoms with Crippen molar-refractivity contribution in [3.8, 4) is 5.82 Å². The molecule has 0 atom stereocenters. The fraction of sp³-hybridized carbons (Fsp3) is 0.300. The van der Waals surface area contributed by atoms with Crippen LogP contribution in [0.25, 0.3) is 5.82 Å². The van der Waals surface area contributed by atoms with Crippen LogP contribution in [0, 0.1) is 5.82 Å². The van der Waals surface area contributed by atoms with Gasteiger partial charge in [0.15, 0.2) is 11.6 Å². The van der Waals surface area contributed by atoms with Crippen LogP contribution in [0.15, 0.2) is 24.7 Å². The Kier molecular flexibility index (Phi) is 3.09. The average Bonchev–Trinajstić information content (AvgIpc) is 2.81. The van der Waals surface area contributed by atoms with E-state index in [-0.39, 0.29) is 5.82 Å². The lowest BCUT2D eigenvalue weighted by Gasteiger charge is -2.06. The molecule has 2 heterocycles.